The van der Waals surface area contributed by atoms with Crippen molar-refractivity contribution in [3.8, 4) is 10.8 Å². The minimum absolute atomic E-state index is 0.0534. The molecule has 0 amide bonds. The van der Waals surface area contributed by atoms with Gasteiger partial charge in [-0.1, -0.05) is 41.7 Å². The third-order valence-electron chi connectivity index (χ3n) is 3.17. The minimum Gasteiger partial charge on any atom is -0.461 e. The van der Waals surface area contributed by atoms with E-state index in [-0.39, 0.29) is 6.04 Å². The first kappa shape index (κ1) is 13.0. The number of furan rings is 1. The van der Waals surface area contributed by atoms with Crippen LogP contribution in [0.1, 0.15) is 22.2 Å². The molecule has 3 rings (SSSR count). The van der Waals surface area contributed by atoms with Crippen LogP contribution in [0, 0.1) is 6.92 Å². The predicted molar refractivity (Wildman–Crippen MR) is 79.7 cm³/mol. The van der Waals surface area contributed by atoms with Gasteiger partial charge in [0.1, 0.15) is 5.01 Å². The van der Waals surface area contributed by atoms with E-state index in [9.17, 15) is 0 Å². The van der Waals surface area contributed by atoms with Crippen molar-refractivity contribution in [2.24, 2.45) is 0 Å². The van der Waals surface area contributed by atoms with Gasteiger partial charge in [-0.3, -0.25) is 0 Å². The second kappa shape index (κ2) is 5.56. The Hall–Kier alpha value is -1.98. The zero-order valence-electron chi connectivity index (χ0n) is 11.3. The lowest BCUT2D eigenvalue weighted by Crippen LogP contribution is -2.17. The molecule has 0 bridgehead atoms. The molecule has 1 N–H and O–H groups in total. The van der Waals surface area contributed by atoms with Gasteiger partial charge in [-0.05, 0) is 31.2 Å². The van der Waals surface area contributed by atoms with E-state index in [2.05, 4.69) is 27.6 Å². The third kappa shape index (κ3) is 2.37. The first-order valence-corrected chi connectivity index (χ1v) is 7.21. The van der Waals surface area contributed by atoms with Gasteiger partial charge < -0.3 is 9.73 Å². The molecule has 0 fully saturated rings. The average Bonchev–Trinajstić information content (AvgIpc) is 3.10. The molecule has 0 saturated heterocycles. The molecule has 2 heterocycles. The highest BCUT2D eigenvalue weighted by Gasteiger charge is 2.19. The monoisotopic (exact) mass is 285 g/mol. The number of aromatic nitrogens is 2. The van der Waals surface area contributed by atoms with Crippen LogP contribution in [-0.2, 0) is 0 Å². The Bertz CT molecular complexity index is 690. The molecule has 1 aromatic carbocycles. The summed E-state index contributed by atoms with van der Waals surface area (Å²) in [5.41, 5.74) is 2.25. The average molecular weight is 285 g/mol. The fraction of sp³-hybridized carbons (Fsp3) is 0.200. The Kier molecular flexibility index (Phi) is 3.62. The lowest BCUT2D eigenvalue weighted by atomic mass is 10.1. The van der Waals surface area contributed by atoms with Crippen LogP contribution in [-0.4, -0.2) is 17.2 Å². The number of hydrogen-bond acceptors (Lipinski definition) is 5. The molecule has 3 aromatic rings. The zero-order chi connectivity index (χ0) is 13.9. The SMILES string of the molecule is CNC(c1ccccc1)c1nnc(-c2occc2C)s1. The molecular weight excluding hydrogens is 270 g/mol. The number of rotatable bonds is 4. The van der Waals surface area contributed by atoms with Gasteiger partial charge in [-0.15, -0.1) is 10.2 Å². The highest BCUT2D eigenvalue weighted by atomic mass is 32.1. The normalized spacial score (nSPS) is 12.5. The van der Waals surface area contributed by atoms with E-state index < -0.39 is 0 Å². The van der Waals surface area contributed by atoms with Gasteiger partial charge in [-0.25, -0.2) is 0 Å². The van der Waals surface area contributed by atoms with Gasteiger partial charge in [0, 0.05) is 0 Å². The van der Waals surface area contributed by atoms with E-state index >= 15 is 0 Å². The standard InChI is InChI=1S/C15H15N3OS/c1-10-8-9-19-13(10)15-18-17-14(20-15)12(16-2)11-6-4-3-5-7-11/h3-9,12,16H,1-2H3. The molecule has 4 nitrogen and oxygen atoms in total. The maximum absolute atomic E-state index is 5.47. The molecule has 0 aliphatic heterocycles. The first-order chi connectivity index (χ1) is 9.79. The molecule has 0 aliphatic carbocycles. The van der Waals surface area contributed by atoms with Crippen molar-refractivity contribution in [2.75, 3.05) is 7.05 Å². The number of aryl methyl sites for hydroxylation is 1. The van der Waals surface area contributed by atoms with Gasteiger partial charge >= 0.3 is 0 Å². The summed E-state index contributed by atoms with van der Waals surface area (Å²) in [5, 5.41) is 13.6. The Morgan fingerprint density at radius 3 is 2.60 bits per heavy atom. The van der Waals surface area contributed by atoms with E-state index in [0.29, 0.717) is 0 Å². The molecule has 0 saturated carbocycles. The molecular formula is C15H15N3OS. The molecule has 2 aromatic heterocycles. The second-order valence-corrected chi connectivity index (χ2v) is 5.52. The molecule has 1 unspecified atom stereocenters. The summed E-state index contributed by atoms with van der Waals surface area (Å²) >= 11 is 1.55. The van der Waals surface area contributed by atoms with Gasteiger partial charge in [0.05, 0.1) is 12.3 Å². The van der Waals surface area contributed by atoms with E-state index in [0.717, 1.165) is 21.3 Å². The van der Waals surface area contributed by atoms with E-state index in [1.54, 1.807) is 17.6 Å². The van der Waals surface area contributed by atoms with Crippen LogP contribution in [0.3, 0.4) is 0 Å². The Labute approximate surface area is 121 Å². The van der Waals surface area contributed by atoms with E-state index in [1.807, 2.05) is 38.2 Å². The van der Waals surface area contributed by atoms with Crippen molar-refractivity contribution in [2.45, 2.75) is 13.0 Å². The number of nitrogens with zero attached hydrogens (tertiary/aromatic N) is 2. The smallest absolute Gasteiger partial charge is 0.183 e. The van der Waals surface area contributed by atoms with Crippen LogP contribution in [0.25, 0.3) is 10.8 Å². The molecule has 20 heavy (non-hydrogen) atoms. The highest BCUT2D eigenvalue weighted by molar-refractivity contribution is 7.14. The maximum Gasteiger partial charge on any atom is 0.183 e. The summed E-state index contributed by atoms with van der Waals surface area (Å²) in [6.45, 7) is 2.01. The van der Waals surface area contributed by atoms with Crippen LogP contribution >= 0.6 is 11.3 Å². The maximum atomic E-state index is 5.47. The predicted octanol–water partition coefficient (Wildman–Crippen LogP) is 3.42. The van der Waals surface area contributed by atoms with Crippen LogP contribution in [0.15, 0.2) is 47.1 Å². The summed E-state index contributed by atoms with van der Waals surface area (Å²) in [5.74, 6) is 0.802. The van der Waals surface area contributed by atoms with Gasteiger partial charge in [0.25, 0.3) is 0 Å². The summed E-state index contributed by atoms with van der Waals surface area (Å²) in [7, 11) is 1.93. The summed E-state index contributed by atoms with van der Waals surface area (Å²) < 4.78 is 5.47. The first-order valence-electron chi connectivity index (χ1n) is 6.39. The number of nitrogens with one attached hydrogen (secondary N) is 1. The summed E-state index contributed by atoms with van der Waals surface area (Å²) in [6.07, 6.45) is 1.68. The topological polar surface area (TPSA) is 51.0 Å². The zero-order valence-corrected chi connectivity index (χ0v) is 12.1. The fourth-order valence-electron chi connectivity index (χ4n) is 2.11. The van der Waals surface area contributed by atoms with Gasteiger partial charge in [0.2, 0.25) is 0 Å². The van der Waals surface area contributed by atoms with Crippen LogP contribution in [0.5, 0.6) is 0 Å². The van der Waals surface area contributed by atoms with Crippen LogP contribution in [0.2, 0.25) is 0 Å². The quantitative estimate of drug-likeness (QED) is 0.798. The molecule has 1 atom stereocenters. The Morgan fingerprint density at radius 1 is 1.15 bits per heavy atom. The number of benzene rings is 1. The Balaban J connectivity index is 1.95. The van der Waals surface area contributed by atoms with Gasteiger partial charge in [-0.2, -0.15) is 0 Å². The van der Waals surface area contributed by atoms with E-state index in [1.165, 1.54) is 5.56 Å². The number of hydrogen-bond donors (Lipinski definition) is 1. The molecule has 102 valence electrons. The molecule has 0 aliphatic rings. The largest absolute Gasteiger partial charge is 0.461 e. The van der Waals surface area contributed by atoms with E-state index in [4.69, 9.17) is 4.42 Å². The van der Waals surface area contributed by atoms with Crippen molar-refractivity contribution in [3.05, 3.63) is 58.8 Å². The Morgan fingerprint density at radius 2 is 1.95 bits per heavy atom. The molecule has 0 spiro atoms. The van der Waals surface area contributed by atoms with Crippen LogP contribution in [0.4, 0.5) is 0 Å². The van der Waals surface area contributed by atoms with Crippen molar-refractivity contribution >= 4 is 11.3 Å². The van der Waals surface area contributed by atoms with Crippen LogP contribution < -0.4 is 5.32 Å². The van der Waals surface area contributed by atoms with Crippen molar-refractivity contribution in [1.82, 2.24) is 15.5 Å². The summed E-state index contributed by atoms with van der Waals surface area (Å²) in [6, 6.07) is 12.2. The summed E-state index contributed by atoms with van der Waals surface area (Å²) in [4.78, 5) is 0. The van der Waals surface area contributed by atoms with Crippen molar-refractivity contribution in [3.63, 3.8) is 0 Å². The molecule has 5 heteroatoms. The van der Waals surface area contributed by atoms with Crippen molar-refractivity contribution in [1.29, 1.82) is 0 Å². The lowest BCUT2D eigenvalue weighted by molar-refractivity contribution is 0.579. The minimum atomic E-state index is 0.0534. The second-order valence-electron chi connectivity index (χ2n) is 4.51. The molecule has 0 radical (unpaired) electrons. The third-order valence-corrected chi connectivity index (χ3v) is 4.15. The fourth-order valence-corrected chi connectivity index (χ4v) is 3.15. The van der Waals surface area contributed by atoms with Gasteiger partial charge in [0.15, 0.2) is 10.8 Å². The highest BCUT2D eigenvalue weighted by Crippen LogP contribution is 2.31. The lowest BCUT2D eigenvalue weighted by Gasteiger charge is -2.12. The van der Waals surface area contributed by atoms with Crippen molar-refractivity contribution < 1.29 is 4.42 Å².